The summed E-state index contributed by atoms with van der Waals surface area (Å²) >= 11 is 6.33. The molecule has 2 aromatic carbocycles. The summed E-state index contributed by atoms with van der Waals surface area (Å²) < 4.78 is 0. The number of benzene rings is 2. The van der Waals surface area contributed by atoms with E-state index in [-0.39, 0.29) is 0 Å². The van der Waals surface area contributed by atoms with Gasteiger partial charge in [0.05, 0.1) is 4.87 Å². The number of alkyl halides is 1. The molecule has 0 aromatic heterocycles. The summed E-state index contributed by atoms with van der Waals surface area (Å²) in [7, 11) is 0. The van der Waals surface area contributed by atoms with Crippen LogP contribution in [0.15, 0.2) is 67.3 Å². The summed E-state index contributed by atoms with van der Waals surface area (Å²) in [5, 5.41) is 0. The molecule has 0 bridgehead atoms. The molecule has 0 saturated carbocycles. The summed E-state index contributed by atoms with van der Waals surface area (Å²) in [4.78, 5) is -0.491. The fourth-order valence-corrected chi connectivity index (χ4v) is 1.86. The van der Waals surface area contributed by atoms with Crippen LogP contribution in [0.25, 0.3) is 11.1 Å². The summed E-state index contributed by atoms with van der Waals surface area (Å²) in [5.74, 6) is 0. The van der Waals surface area contributed by atoms with Crippen LogP contribution in [-0.4, -0.2) is 0 Å². The average molecular weight is 243 g/mol. The molecule has 1 unspecified atom stereocenters. The van der Waals surface area contributed by atoms with Crippen LogP contribution >= 0.6 is 11.6 Å². The van der Waals surface area contributed by atoms with E-state index in [4.69, 9.17) is 11.6 Å². The molecule has 2 aromatic rings. The molecule has 0 aliphatic heterocycles. The van der Waals surface area contributed by atoms with Crippen LogP contribution in [0.3, 0.4) is 0 Å². The third-order valence-electron chi connectivity index (χ3n) is 2.94. The minimum absolute atomic E-state index is 0.491. The van der Waals surface area contributed by atoms with Crippen molar-refractivity contribution in [3.63, 3.8) is 0 Å². The zero-order chi connectivity index (χ0) is 12.3. The van der Waals surface area contributed by atoms with Crippen molar-refractivity contribution in [1.29, 1.82) is 0 Å². The van der Waals surface area contributed by atoms with Gasteiger partial charge in [-0.2, -0.15) is 0 Å². The lowest BCUT2D eigenvalue weighted by atomic mass is 9.97. The lowest BCUT2D eigenvalue weighted by Crippen LogP contribution is -2.08. The van der Waals surface area contributed by atoms with Crippen molar-refractivity contribution in [2.45, 2.75) is 11.8 Å². The van der Waals surface area contributed by atoms with Crippen molar-refractivity contribution in [2.24, 2.45) is 0 Å². The molecule has 86 valence electrons. The van der Waals surface area contributed by atoms with Gasteiger partial charge in [-0.3, -0.25) is 0 Å². The van der Waals surface area contributed by atoms with E-state index in [1.54, 1.807) is 6.08 Å². The van der Waals surface area contributed by atoms with Gasteiger partial charge in [0.2, 0.25) is 0 Å². The lowest BCUT2D eigenvalue weighted by molar-refractivity contribution is 0.866. The van der Waals surface area contributed by atoms with Crippen LogP contribution in [0, 0.1) is 0 Å². The number of hydrogen-bond acceptors (Lipinski definition) is 0. The largest absolute Gasteiger partial charge is 0.110 e. The molecular formula is C16H15Cl. The maximum atomic E-state index is 6.33. The Morgan fingerprint density at radius 3 is 2.00 bits per heavy atom. The first-order valence-electron chi connectivity index (χ1n) is 5.62. The van der Waals surface area contributed by atoms with E-state index in [0.717, 1.165) is 5.56 Å². The molecule has 1 heteroatoms. The van der Waals surface area contributed by atoms with Crippen LogP contribution < -0.4 is 0 Å². The fourth-order valence-electron chi connectivity index (χ4n) is 1.74. The van der Waals surface area contributed by atoms with E-state index in [1.165, 1.54) is 11.1 Å². The molecule has 0 N–H and O–H groups in total. The number of halogens is 1. The zero-order valence-electron chi connectivity index (χ0n) is 9.86. The van der Waals surface area contributed by atoms with Gasteiger partial charge in [-0.15, -0.1) is 18.2 Å². The van der Waals surface area contributed by atoms with Gasteiger partial charge in [0.1, 0.15) is 0 Å². The second-order valence-corrected chi connectivity index (χ2v) is 5.01. The molecule has 0 aliphatic rings. The SMILES string of the molecule is C=CC(C)(Cl)c1ccc(-c2ccccc2)cc1. The first kappa shape index (κ1) is 11.9. The Kier molecular flexibility index (Phi) is 3.35. The minimum Gasteiger partial charge on any atom is -0.110 e. The molecule has 0 spiro atoms. The Labute approximate surface area is 108 Å². The molecular weight excluding hydrogens is 228 g/mol. The van der Waals surface area contributed by atoms with E-state index in [1.807, 2.05) is 25.1 Å². The predicted octanol–water partition coefficient (Wildman–Crippen LogP) is 4.99. The molecule has 0 amide bonds. The van der Waals surface area contributed by atoms with Gasteiger partial charge in [-0.25, -0.2) is 0 Å². The van der Waals surface area contributed by atoms with E-state index in [0.29, 0.717) is 0 Å². The molecule has 2 rings (SSSR count). The molecule has 17 heavy (non-hydrogen) atoms. The van der Waals surface area contributed by atoms with Gasteiger partial charge in [0.15, 0.2) is 0 Å². The smallest absolute Gasteiger partial charge is 0.0844 e. The number of rotatable bonds is 3. The molecule has 0 nitrogen and oxygen atoms in total. The topological polar surface area (TPSA) is 0 Å². The molecule has 1 atom stereocenters. The molecule has 0 heterocycles. The van der Waals surface area contributed by atoms with Gasteiger partial charge < -0.3 is 0 Å². The molecule has 0 fully saturated rings. The standard InChI is InChI=1S/C16H15Cl/c1-3-16(2,17)15-11-9-14(10-12-15)13-7-5-4-6-8-13/h3-12H,1H2,2H3. The predicted molar refractivity (Wildman–Crippen MR) is 75.3 cm³/mol. The highest BCUT2D eigenvalue weighted by Crippen LogP contribution is 2.31. The third-order valence-corrected chi connectivity index (χ3v) is 3.31. The summed E-state index contributed by atoms with van der Waals surface area (Å²) in [5.41, 5.74) is 3.48. The van der Waals surface area contributed by atoms with Gasteiger partial charge in [-0.05, 0) is 23.6 Å². The highest BCUT2D eigenvalue weighted by molar-refractivity contribution is 6.25. The van der Waals surface area contributed by atoms with Gasteiger partial charge >= 0.3 is 0 Å². The van der Waals surface area contributed by atoms with Gasteiger partial charge in [0.25, 0.3) is 0 Å². The maximum absolute atomic E-state index is 6.33. The Hall–Kier alpha value is -1.53. The second kappa shape index (κ2) is 4.77. The average Bonchev–Trinajstić information content (AvgIpc) is 2.40. The van der Waals surface area contributed by atoms with Crippen molar-refractivity contribution in [2.75, 3.05) is 0 Å². The van der Waals surface area contributed by atoms with Gasteiger partial charge in [-0.1, -0.05) is 60.7 Å². The van der Waals surface area contributed by atoms with Crippen molar-refractivity contribution >= 4 is 11.6 Å². The Balaban J connectivity index is 2.34. The van der Waals surface area contributed by atoms with Crippen molar-refractivity contribution in [3.8, 4) is 11.1 Å². The molecule has 0 radical (unpaired) electrons. The molecule has 0 saturated heterocycles. The van der Waals surface area contributed by atoms with Crippen LogP contribution in [0.4, 0.5) is 0 Å². The highest BCUT2D eigenvalue weighted by atomic mass is 35.5. The van der Waals surface area contributed by atoms with Crippen LogP contribution in [0.1, 0.15) is 12.5 Å². The van der Waals surface area contributed by atoms with Crippen LogP contribution in [0.2, 0.25) is 0 Å². The lowest BCUT2D eigenvalue weighted by Gasteiger charge is -2.17. The Morgan fingerprint density at radius 2 is 1.47 bits per heavy atom. The Morgan fingerprint density at radius 1 is 0.941 bits per heavy atom. The fraction of sp³-hybridized carbons (Fsp3) is 0.125. The van der Waals surface area contributed by atoms with E-state index in [2.05, 4.69) is 43.0 Å². The summed E-state index contributed by atoms with van der Waals surface area (Å²) in [6, 6.07) is 18.6. The van der Waals surface area contributed by atoms with Crippen molar-refractivity contribution in [3.05, 3.63) is 72.8 Å². The molecule has 0 aliphatic carbocycles. The summed E-state index contributed by atoms with van der Waals surface area (Å²) in [6.07, 6.45) is 1.76. The van der Waals surface area contributed by atoms with Crippen LogP contribution in [0.5, 0.6) is 0 Å². The van der Waals surface area contributed by atoms with E-state index < -0.39 is 4.87 Å². The minimum atomic E-state index is -0.491. The number of hydrogen-bond donors (Lipinski definition) is 0. The van der Waals surface area contributed by atoms with Crippen molar-refractivity contribution in [1.82, 2.24) is 0 Å². The Bertz CT molecular complexity index is 495. The highest BCUT2D eigenvalue weighted by Gasteiger charge is 2.18. The zero-order valence-corrected chi connectivity index (χ0v) is 10.6. The monoisotopic (exact) mass is 242 g/mol. The van der Waals surface area contributed by atoms with Gasteiger partial charge in [0, 0.05) is 0 Å². The quantitative estimate of drug-likeness (QED) is 0.525. The normalized spacial score (nSPS) is 14.0. The summed E-state index contributed by atoms with van der Waals surface area (Å²) in [6.45, 7) is 5.70. The first-order valence-corrected chi connectivity index (χ1v) is 6.00. The maximum Gasteiger partial charge on any atom is 0.0844 e. The number of allylic oxidation sites excluding steroid dienone is 1. The second-order valence-electron chi connectivity index (χ2n) is 4.22. The van der Waals surface area contributed by atoms with Crippen LogP contribution in [-0.2, 0) is 4.87 Å². The first-order chi connectivity index (χ1) is 8.13. The van der Waals surface area contributed by atoms with E-state index in [9.17, 15) is 0 Å². The third kappa shape index (κ3) is 2.59. The van der Waals surface area contributed by atoms with E-state index >= 15 is 0 Å². The van der Waals surface area contributed by atoms with Crippen molar-refractivity contribution < 1.29 is 0 Å².